The maximum atomic E-state index is 13.5. The Morgan fingerprint density at radius 3 is 2.64 bits per heavy atom. The molecule has 0 saturated carbocycles. The molecule has 1 aromatic carbocycles. The number of nitrogens with two attached hydrogens (primary N) is 1. The van der Waals surface area contributed by atoms with Crippen molar-refractivity contribution in [2.24, 2.45) is 0 Å². The van der Waals surface area contributed by atoms with E-state index in [1.54, 1.807) is 6.07 Å². The number of carbonyl (C=O) groups is 1. The first kappa shape index (κ1) is 20.2. The quantitative estimate of drug-likeness (QED) is 0.853. The number of carbonyl (C=O) groups excluding carboxylic acids is 1. The van der Waals surface area contributed by atoms with Crippen LogP contribution >= 0.6 is 0 Å². The van der Waals surface area contributed by atoms with Gasteiger partial charge in [-0.1, -0.05) is 44.2 Å². The number of likely N-dealkylation sites (N-methyl/N-ethyl adjacent to an activating group) is 1. The van der Waals surface area contributed by atoms with Crippen LogP contribution in [0.25, 0.3) is 0 Å². The number of nitrogen functional groups attached to an aromatic ring is 1. The third-order valence-electron chi connectivity index (χ3n) is 4.87. The first-order chi connectivity index (χ1) is 13.4. The van der Waals surface area contributed by atoms with Crippen molar-refractivity contribution in [2.45, 2.75) is 31.9 Å². The van der Waals surface area contributed by atoms with Crippen LogP contribution in [0.1, 0.15) is 47.6 Å². The van der Waals surface area contributed by atoms with Gasteiger partial charge in [-0.05, 0) is 31.6 Å². The number of benzene rings is 1. The number of hydrogen-bond donors (Lipinski definition) is 1. The van der Waals surface area contributed by atoms with E-state index in [0.29, 0.717) is 25.4 Å². The highest BCUT2D eigenvalue weighted by Gasteiger charge is 2.37. The molecule has 2 N–H and O–H groups in total. The summed E-state index contributed by atoms with van der Waals surface area (Å²) in [5.41, 5.74) is 8.03. The summed E-state index contributed by atoms with van der Waals surface area (Å²) in [7, 11) is 4.01. The monoisotopic (exact) mass is 383 g/mol. The van der Waals surface area contributed by atoms with Crippen molar-refractivity contribution in [1.29, 1.82) is 0 Å². The minimum atomic E-state index is -0.191. The first-order valence-electron chi connectivity index (χ1n) is 9.63. The maximum Gasteiger partial charge on any atom is 0.273 e. The van der Waals surface area contributed by atoms with Crippen molar-refractivity contribution in [1.82, 2.24) is 19.8 Å². The topological polar surface area (TPSA) is 84.6 Å². The predicted molar refractivity (Wildman–Crippen MR) is 109 cm³/mol. The highest BCUT2D eigenvalue weighted by atomic mass is 16.5. The largest absolute Gasteiger partial charge is 0.373 e. The Morgan fingerprint density at radius 2 is 2.00 bits per heavy atom. The van der Waals surface area contributed by atoms with Gasteiger partial charge in [0, 0.05) is 18.8 Å². The molecule has 2 aromatic rings. The van der Waals surface area contributed by atoms with Crippen LogP contribution in [0.4, 0.5) is 5.95 Å². The van der Waals surface area contributed by atoms with Gasteiger partial charge in [0.05, 0.1) is 18.8 Å². The fourth-order valence-electron chi connectivity index (χ4n) is 3.56. The smallest absolute Gasteiger partial charge is 0.273 e. The van der Waals surface area contributed by atoms with Gasteiger partial charge in [-0.25, -0.2) is 9.97 Å². The summed E-state index contributed by atoms with van der Waals surface area (Å²) in [4.78, 5) is 25.9. The van der Waals surface area contributed by atoms with Crippen LogP contribution in [0.3, 0.4) is 0 Å². The van der Waals surface area contributed by atoms with Gasteiger partial charge in [-0.3, -0.25) is 4.79 Å². The van der Waals surface area contributed by atoms with Gasteiger partial charge >= 0.3 is 0 Å². The number of ether oxygens (including phenoxy) is 1. The Balaban J connectivity index is 1.99. The van der Waals surface area contributed by atoms with E-state index in [2.05, 4.69) is 14.9 Å². The summed E-state index contributed by atoms with van der Waals surface area (Å²) >= 11 is 0. The van der Waals surface area contributed by atoms with Gasteiger partial charge in [0.1, 0.15) is 5.69 Å². The SMILES string of the molecule is CC(C)c1cc(C(=O)N2CCO[C@@H](CN(C)C)[C@@H]2c2ccccc2)nc(N)n1. The minimum absolute atomic E-state index is 0.126. The van der Waals surface area contributed by atoms with E-state index in [0.717, 1.165) is 11.3 Å². The van der Waals surface area contributed by atoms with E-state index in [1.165, 1.54) is 0 Å². The molecule has 0 bridgehead atoms. The molecule has 0 spiro atoms. The van der Waals surface area contributed by atoms with Crippen molar-refractivity contribution in [3.8, 4) is 0 Å². The Kier molecular flexibility index (Phi) is 6.26. The molecule has 1 amide bonds. The van der Waals surface area contributed by atoms with Crippen LogP contribution in [-0.4, -0.2) is 65.6 Å². The summed E-state index contributed by atoms with van der Waals surface area (Å²) < 4.78 is 6.06. The first-order valence-corrected chi connectivity index (χ1v) is 9.63. The zero-order valence-corrected chi connectivity index (χ0v) is 17.0. The maximum absolute atomic E-state index is 13.5. The number of anilines is 1. The molecular formula is C21H29N5O2. The zero-order valence-electron chi connectivity index (χ0n) is 17.0. The van der Waals surface area contributed by atoms with E-state index in [1.807, 2.05) is 63.2 Å². The standard InChI is InChI=1S/C21H29N5O2/c1-14(2)16-12-17(24-21(22)23-16)20(27)26-10-11-28-18(13-25(3)4)19(26)15-8-6-5-7-9-15/h5-9,12,14,18-19H,10-11,13H2,1-4H3,(H2,22,23,24)/t18-,19-/m0/s1. The Hall–Kier alpha value is -2.51. The van der Waals surface area contributed by atoms with Crippen LogP contribution in [-0.2, 0) is 4.74 Å². The predicted octanol–water partition coefficient (Wildman–Crippen LogP) is 2.33. The van der Waals surface area contributed by atoms with Crippen LogP contribution in [0.2, 0.25) is 0 Å². The number of aromatic nitrogens is 2. The van der Waals surface area contributed by atoms with Gasteiger partial charge in [-0.2, -0.15) is 0 Å². The van der Waals surface area contributed by atoms with E-state index >= 15 is 0 Å². The molecule has 1 aliphatic rings. The van der Waals surface area contributed by atoms with Crippen molar-refractivity contribution in [2.75, 3.05) is 39.5 Å². The van der Waals surface area contributed by atoms with E-state index < -0.39 is 0 Å². The van der Waals surface area contributed by atoms with Crippen LogP contribution in [0.5, 0.6) is 0 Å². The summed E-state index contributed by atoms with van der Waals surface area (Å²) in [6, 6.07) is 11.6. The summed E-state index contributed by atoms with van der Waals surface area (Å²) in [5, 5.41) is 0. The van der Waals surface area contributed by atoms with E-state index in [-0.39, 0.29) is 29.9 Å². The molecule has 2 heterocycles. The third kappa shape index (κ3) is 4.48. The summed E-state index contributed by atoms with van der Waals surface area (Å²) in [6.45, 7) is 5.75. The molecule has 1 aromatic heterocycles. The molecule has 3 rings (SSSR count). The normalized spacial score (nSPS) is 20.0. The summed E-state index contributed by atoms with van der Waals surface area (Å²) in [6.07, 6.45) is -0.126. The Labute approximate surface area is 166 Å². The number of hydrogen-bond acceptors (Lipinski definition) is 6. The van der Waals surface area contributed by atoms with Crippen LogP contribution in [0.15, 0.2) is 36.4 Å². The molecule has 0 radical (unpaired) electrons. The highest BCUT2D eigenvalue weighted by molar-refractivity contribution is 5.93. The average molecular weight is 383 g/mol. The van der Waals surface area contributed by atoms with Crippen molar-refractivity contribution in [3.05, 3.63) is 53.3 Å². The number of amides is 1. The minimum Gasteiger partial charge on any atom is -0.373 e. The third-order valence-corrected chi connectivity index (χ3v) is 4.87. The molecule has 2 atom stereocenters. The van der Waals surface area contributed by atoms with Gasteiger partial charge < -0.3 is 20.3 Å². The fourth-order valence-corrected chi connectivity index (χ4v) is 3.56. The van der Waals surface area contributed by atoms with Gasteiger partial charge in [-0.15, -0.1) is 0 Å². The Morgan fingerprint density at radius 1 is 1.29 bits per heavy atom. The lowest BCUT2D eigenvalue weighted by molar-refractivity contribution is -0.0686. The molecule has 1 fully saturated rings. The molecule has 28 heavy (non-hydrogen) atoms. The second-order valence-corrected chi connectivity index (χ2v) is 7.72. The van der Waals surface area contributed by atoms with Gasteiger partial charge in [0.15, 0.2) is 0 Å². The lowest BCUT2D eigenvalue weighted by Crippen LogP contribution is -2.51. The number of nitrogens with zero attached hydrogens (tertiary/aromatic N) is 4. The van der Waals surface area contributed by atoms with Crippen molar-refractivity contribution < 1.29 is 9.53 Å². The molecule has 1 saturated heterocycles. The zero-order chi connectivity index (χ0) is 20.3. The molecule has 0 unspecified atom stereocenters. The molecular weight excluding hydrogens is 354 g/mol. The molecule has 7 nitrogen and oxygen atoms in total. The van der Waals surface area contributed by atoms with Crippen molar-refractivity contribution >= 4 is 11.9 Å². The average Bonchev–Trinajstić information content (AvgIpc) is 2.67. The second-order valence-electron chi connectivity index (χ2n) is 7.72. The van der Waals surface area contributed by atoms with Gasteiger partial charge in [0.2, 0.25) is 5.95 Å². The molecule has 0 aliphatic carbocycles. The summed E-state index contributed by atoms with van der Waals surface area (Å²) in [5.74, 6) is 0.147. The molecule has 7 heteroatoms. The Bertz CT molecular complexity index is 810. The number of rotatable bonds is 5. The van der Waals surface area contributed by atoms with Crippen LogP contribution < -0.4 is 5.73 Å². The molecule has 1 aliphatic heterocycles. The number of morpholine rings is 1. The molecule has 150 valence electrons. The van der Waals surface area contributed by atoms with Crippen molar-refractivity contribution in [3.63, 3.8) is 0 Å². The lowest BCUT2D eigenvalue weighted by Gasteiger charge is -2.42. The second kappa shape index (κ2) is 8.67. The highest BCUT2D eigenvalue weighted by Crippen LogP contribution is 2.31. The lowest BCUT2D eigenvalue weighted by atomic mass is 9.97. The van der Waals surface area contributed by atoms with E-state index in [9.17, 15) is 4.79 Å². The van der Waals surface area contributed by atoms with Gasteiger partial charge in [0.25, 0.3) is 5.91 Å². The van der Waals surface area contributed by atoms with E-state index in [4.69, 9.17) is 10.5 Å². The fraction of sp³-hybridized carbons (Fsp3) is 0.476. The van der Waals surface area contributed by atoms with Crippen LogP contribution in [0, 0.1) is 0 Å².